The molecule has 8 nitrogen and oxygen atoms in total. The number of ether oxygens (including phenoxy) is 2. The Morgan fingerprint density at radius 3 is 2.35 bits per heavy atom. The van der Waals surface area contributed by atoms with Crippen LogP contribution in [0.15, 0.2) is 103 Å². The van der Waals surface area contributed by atoms with Gasteiger partial charge in [0.05, 0.1) is 20.3 Å². The molecule has 0 spiro atoms. The molecule has 8 heteroatoms. The Kier molecular flexibility index (Phi) is 10.0. The van der Waals surface area contributed by atoms with Crippen molar-refractivity contribution in [3.05, 3.63) is 131 Å². The number of rotatable bonds is 10. The van der Waals surface area contributed by atoms with E-state index in [2.05, 4.69) is 46.3 Å². The predicted molar refractivity (Wildman–Crippen MR) is 179 cm³/mol. The van der Waals surface area contributed by atoms with E-state index in [9.17, 15) is 9.59 Å². The highest BCUT2D eigenvalue weighted by molar-refractivity contribution is 5.95. The molecule has 0 bridgehead atoms. The van der Waals surface area contributed by atoms with Crippen LogP contribution in [0.5, 0.6) is 5.88 Å². The average Bonchev–Trinajstić information content (AvgIpc) is 3.13. The van der Waals surface area contributed by atoms with Gasteiger partial charge in [0.1, 0.15) is 6.04 Å². The second-order valence-corrected chi connectivity index (χ2v) is 11.7. The van der Waals surface area contributed by atoms with Gasteiger partial charge in [0, 0.05) is 63.2 Å². The normalized spacial score (nSPS) is 15.3. The van der Waals surface area contributed by atoms with Gasteiger partial charge in [-0.3, -0.25) is 9.59 Å². The van der Waals surface area contributed by atoms with E-state index in [4.69, 9.17) is 9.47 Å². The van der Waals surface area contributed by atoms with Crippen LogP contribution in [0.3, 0.4) is 0 Å². The minimum absolute atomic E-state index is 0.0452. The molecule has 1 saturated heterocycles. The first kappa shape index (κ1) is 31.0. The van der Waals surface area contributed by atoms with Crippen molar-refractivity contribution in [2.24, 2.45) is 0 Å². The van der Waals surface area contributed by atoms with E-state index in [1.807, 2.05) is 53.4 Å². The van der Waals surface area contributed by atoms with Gasteiger partial charge in [-0.15, -0.1) is 0 Å². The first-order chi connectivity index (χ1) is 22.6. The molecule has 2 amide bonds. The van der Waals surface area contributed by atoms with E-state index in [0.29, 0.717) is 45.1 Å². The van der Waals surface area contributed by atoms with Crippen LogP contribution in [-0.2, 0) is 40.3 Å². The second-order valence-electron chi connectivity index (χ2n) is 11.7. The van der Waals surface area contributed by atoms with Crippen molar-refractivity contribution in [2.75, 3.05) is 44.9 Å². The quantitative estimate of drug-likeness (QED) is 0.229. The summed E-state index contributed by atoms with van der Waals surface area (Å²) in [6, 6.07) is 29.5. The molecule has 4 aromatic rings. The van der Waals surface area contributed by atoms with Gasteiger partial charge >= 0.3 is 0 Å². The number of hydrogen-bond acceptors (Lipinski definition) is 6. The van der Waals surface area contributed by atoms with Gasteiger partial charge in [-0.25, -0.2) is 4.98 Å². The highest BCUT2D eigenvalue weighted by Crippen LogP contribution is 2.24. The van der Waals surface area contributed by atoms with E-state index in [1.165, 1.54) is 5.56 Å². The maximum atomic E-state index is 14.5. The Bertz CT molecular complexity index is 1630. The number of nitrogens with zero attached hydrogens (tertiary/aromatic N) is 4. The lowest BCUT2D eigenvalue weighted by molar-refractivity contribution is -0.144. The first-order valence-corrected chi connectivity index (χ1v) is 15.9. The number of amides is 2. The van der Waals surface area contributed by atoms with Crippen molar-refractivity contribution in [3.8, 4) is 5.88 Å². The SMILES string of the molecule is COc1ccc(/C=C/C(=O)N(Cc2ccc(N3CCOCC3)cc2)[C@@H](Cc2ccccc2)C(=O)N2CCc3ccccc3C2)cn1. The van der Waals surface area contributed by atoms with Crippen LogP contribution in [0.2, 0.25) is 0 Å². The first-order valence-electron chi connectivity index (χ1n) is 15.9. The van der Waals surface area contributed by atoms with Crippen molar-refractivity contribution in [3.63, 3.8) is 0 Å². The number of carbonyl (C=O) groups is 2. The summed E-state index contributed by atoms with van der Waals surface area (Å²) >= 11 is 0. The third kappa shape index (κ3) is 7.64. The molecule has 1 aromatic heterocycles. The molecule has 0 radical (unpaired) electrons. The molecular weight excluding hydrogens is 576 g/mol. The van der Waals surface area contributed by atoms with Crippen LogP contribution in [0.4, 0.5) is 5.69 Å². The summed E-state index contributed by atoms with van der Waals surface area (Å²) in [5, 5.41) is 0. The zero-order valence-corrected chi connectivity index (χ0v) is 26.3. The Balaban J connectivity index is 1.32. The third-order valence-corrected chi connectivity index (χ3v) is 8.71. The molecule has 236 valence electrons. The van der Waals surface area contributed by atoms with Gasteiger partial charge in [-0.2, -0.15) is 0 Å². The molecule has 6 rings (SSSR count). The summed E-state index contributed by atoms with van der Waals surface area (Å²) in [5.74, 6) is 0.221. The van der Waals surface area contributed by atoms with Gasteiger partial charge < -0.3 is 24.2 Å². The fourth-order valence-corrected chi connectivity index (χ4v) is 6.11. The summed E-state index contributed by atoms with van der Waals surface area (Å²) < 4.78 is 10.7. The van der Waals surface area contributed by atoms with Crippen molar-refractivity contribution >= 4 is 23.6 Å². The van der Waals surface area contributed by atoms with E-state index < -0.39 is 6.04 Å². The van der Waals surface area contributed by atoms with Crippen molar-refractivity contribution in [1.82, 2.24) is 14.8 Å². The van der Waals surface area contributed by atoms with E-state index in [-0.39, 0.29) is 11.8 Å². The zero-order valence-electron chi connectivity index (χ0n) is 26.3. The smallest absolute Gasteiger partial charge is 0.247 e. The minimum atomic E-state index is -0.697. The number of benzene rings is 3. The standard InChI is InChI=1S/C38H40N4O4/c1-45-36-17-13-30(26-39-36)14-18-37(43)42(27-31-11-15-34(16-12-31)40-21-23-46-24-22-40)35(25-29-7-3-2-4-8-29)38(44)41-20-19-32-9-5-6-10-33(32)28-41/h2-18,26,35H,19-25,27-28H2,1H3/b18-14+/t35-/m0/s1. The number of fused-ring (bicyclic) bond motifs is 1. The summed E-state index contributed by atoms with van der Waals surface area (Å²) in [6.45, 7) is 4.56. The van der Waals surface area contributed by atoms with Gasteiger partial charge in [0.2, 0.25) is 17.7 Å². The van der Waals surface area contributed by atoms with E-state index in [0.717, 1.165) is 47.5 Å². The van der Waals surface area contributed by atoms with E-state index >= 15 is 0 Å². The molecule has 1 fully saturated rings. The molecule has 2 aliphatic heterocycles. The van der Waals surface area contributed by atoms with Crippen LogP contribution in [-0.4, -0.2) is 72.6 Å². The van der Waals surface area contributed by atoms with Crippen molar-refractivity contribution < 1.29 is 19.1 Å². The molecule has 0 unspecified atom stereocenters. The molecule has 46 heavy (non-hydrogen) atoms. The Labute approximate surface area is 270 Å². The number of aromatic nitrogens is 1. The van der Waals surface area contributed by atoms with Gasteiger partial charge in [-0.1, -0.05) is 66.7 Å². The maximum absolute atomic E-state index is 14.5. The number of hydrogen-bond donors (Lipinski definition) is 0. The Morgan fingerprint density at radius 1 is 0.891 bits per heavy atom. The lowest BCUT2D eigenvalue weighted by Gasteiger charge is -2.37. The molecule has 1 atom stereocenters. The van der Waals surface area contributed by atoms with Crippen LogP contribution in [0.25, 0.3) is 6.08 Å². The second kappa shape index (κ2) is 14.9. The van der Waals surface area contributed by atoms with Gasteiger partial charge in [-0.05, 0) is 58.5 Å². The minimum Gasteiger partial charge on any atom is -0.481 e. The molecule has 0 saturated carbocycles. The Hall–Kier alpha value is -4.95. The number of morpholine rings is 1. The van der Waals surface area contributed by atoms with Gasteiger partial charge in [0.25, 0.3) is 0 Å². The van der Waals surface area contributed by atoms with Crippen molar-refractivity contribution in [1.29, 1.82) is 0 Å². The lowest BCUT2D eigenvalue weighted by Crippen LogP contribution is -2.52. The summed E-state index contributed by atoms with van der Waals surface area (Å²) in [7, 11) is 1.57. The lowest BCUT2D eigenvalue weighted by atomic mass is 9.97. The van der Waals surface area contributed by atoms with Gasteiger partial charge in [0.15, 0.2) is 0 Å². The number of anilines is 1. The van der Waals surface area contributed by atoms with Crippen LogP contribution in [0, 0.1) is 0 Å². The molecule has 3 aromatic carbocycles. The fourth-order valence-electron chi connectivity index (χ4n) is 6.11. The summed E-state index contributed by atoms with van der Waals surface area (Å²) in [6.07, 6.45) is 6.15. The number of pyridine rings is 1. The molecule has 0 N–H and O–H groups in total. The highest BCUT2D eigenvalue weighted by Gasteiger charge is 2.34. The average molecular weight is 617 g/mol. The highest BCUT2D eigenvalue weighted by atomic mass is 16.5. The summed E-state index contributed by atoms with van der Waals surface area (Å²) in [4.78, 5) is 38.9. The predicted octanol–water partition coefficient (Wildman–Crippen LogP) is 5.17. The van der Waals surface area contributed by atoms with E-state index in [1.54, 1.807) is 36.4 Å². The largest absolute Gasteiger partial charge is 0.481 e. The summed E-state index contributed by atoms with van der Waals surface area (Å²) in [5.41, 5.74) is 6.28. The van der Waals surface area contributed by atoms with Crippen LogP contribution in [0.1, 0.15) is 27.8 Å². The topological polar surface area (TPSA) is 75.2 Å². The maximum Gasteiger partial charge on any atom is 0.247 e. The fraction of sp³-hybridized carbons (Fsp3) is 0.289. The molecule has 0 aliphatic carbocycles. The third-order valence-electron chi connectivity index (χ3n) is 8.71. The molecular formula is C38H40N4O4. The molecule has 2 aliphatic rings. The van der Waals surface area contributed by atoms with Crippen LogP contribution >= 0.6 is 0 Å². The Morgan fingerprint density at radius 2 is 1.63 bits per heavy atom. The zero-order chi connectivity index (χ0) is 31.7. The van der Waals surface area contributed by atoms with Crippen molar-refractivity contribution in [2.45, 2.75) is 32.0 Å². The number of carbonyl (C=O) groups excluding carboxylic acids is 2. The van der Waals surface area contributed by atoms with Crippen LogP contribution < -0.4 is 9.64 Å². The number of methoxy groups -OCH3 is 1. The monoisotopic (exact) mass is 616 g/mol. The molecule has 3 heterocycles.